The maximum absolute atomic E-state index is 14.5. The molecule has 17 nitrogen and oxygen atoms in total. The van der Waals surface area contributed by atoms with Crippen LogP contribution in [0.4, 0.5) is 28.1 Å². The lowest BCUT2D eigenvalue weighted by Crippen LogP contribution is -2.55. The number of nitro groups is 1. The lowest BCUT2D eigenvalue weighted by Gasteiger charge is -2.43. The molecular formula is C34H41ClN11O6+. The Morgan fingerprint density at radius 3 is 2.65 bits per heavy atom. The molecule has 0 atom stereocenters. The molecule has 3 aromatic rings. The lowest BCUT2D eigenvalue weighted by molar-refractivity contribution is -0.880. The molecule has 6 rings (SSSR count). The normalized spacial score (nSPS) is 16.6. The summed E-state index contributed by atoms with van der Waals surface area (Å²) in [5.74, 6) is 1.91. The zero-order valence-corrected chi connectivity index (χ0v) is 30.4. The topological polar surface area (TPSA) is 173 Å². The number of piperidine rings is 1. The number of likely N-dealkylation sites (tertiary alicyclic amines) is 1. The first-order chi connectivity index (χ1) is 24.9. The number of nitrogens with zero attached hydrogens (tertiary/aromatic N) is 10. The van der Waals surface area contributed by atoms with Crippen molar-refractivity contribution in [1.82, 2.24) is 24.6 Å². The van der Waals surface area contributed by atoms with Crippen LogP contribution in [-0.2, 0) is 18.4 Å². The van der Waals surface area contributed by atoms with Crippen molar-refractivity contribution in [3.05, 3.63) is 74.8 Å². The summed E-state index contributed by atoms with van der Waals surface area (Å²) >= 11 is 6.77. The number of urea groups is 1. The maximum atomic E-state index is 14.5. The second-order valence-corrected chi connectivity index (χ2v) is 13.8. The van der Waals surface area contributed by atoms with Gasteiger partial charge in [-0.1, -0.05) is 16.6 Å². The van der Waals surface area contributed by atoms with Crippen LogP contribution in [0.2, 0.25) is 5.02 Å². The Balaban J connectivity index is 1.20. The van der Waals surface area contributed by atoms with Crippen molar-refractivity contribution in [3.63, 3.8) is 0 Å². The molecule has 1 saturated heterocycles. The number of aromatic nitrogens is 4. The van der Waals surface area contributed by atoms with E-state index in [-0.39, 0.29) is 41.3 Å². The number of fused-ring (bicyclic) bond motifs is 1. The number of carbonyl (C=O) groups excluding carboxylic acids is 2. The van der Waals surface area contributed by atoms with Gasteiger partial charge in [0.2, 0.25) is 11.9 Å². The third kappa shape index (κ3) is 7.69. The Hall–Kier alpha value is -5.55. The molecule has 3 amide bonds. The molecule has 274 valence electrons. The third-order valence-electron chi connectivity index (χ3n) is 9.19. The molecule has 0 radical (unpaired) electrons. The van der Waals surface area contributed by atoms with Crippen molar-refractivity contribution in [2.24, 2.45) is 12.0 Å². The van der Waals surface area contributed by atoms with Crippen molar-refractivity contribution in [2.45, 2.75) is 31.8 Å². The SMILES string of the molecule is COc1cc(OC)c(Cl)c(N2Cc3cnc(Nc4ccn(C)n4)nc3N(C3CCN(C(=O)/C=C/C[N+](C)(C)CC4=C([N+](=O)[O-])N=CC4)CC3)C2=O)c1. The van der Waals surface area contributed by atoms with E-state index in [1.165, 1.54) is 14.2 Å². The van der Waals surface area contributed by atoms with Crippen LogP contribution >= 0.6 is 11.6 Å². The van der Waals surface area contributed by atoms with Crippen molar-refractivity contribution >= 4 is 53.0 Å². The van der Waals surface area contributed by atoms with E-state index < -0.39 is 4.92 Å². The van der Waals surface area contributed by atoms with E-state index in [1.807, 2.05) is 14.1 Å². The molecule has 5 heterocycles. The molecule has 0 spiro atoms. The number of likely N-dealkylation sites (N-methyl/N-ethyl adjacent to an activating group) is 1. The number of aryl methyl sites for hydroxylation is 1. The van der Waals surface area contributed by atoms with Gasteiger partial charge in [-0.25, -0.2) is 9.78 Å². The van der Waals surface area contributed by atoms with Gasteiger partial charge in [-0.05, 0) is 23.8 Å². The summed E-state index contributed by atoms with van der Waals surface area (Å²) in [6.45, 7) is 1.93. The highest BCUT2D eigenvalue weighted by atomic mass is 35.5. The Morgan fingerprint density at radius 1 is 1.21 bits per heavy atom. The quantitative estimate of drug-likeness (QED) is 0.123. The summed E-state index contributed by atoms with van der Waals surface area (Å²) in [5.41, 5.74) is 1.79. The number of aliphatic imine (C=N–C) groups is 1. The van der Waals surface area contributed by atoms with E-state index in [4.69, 9.17) is 26.1 Å². The van der Waals surface area contributed by atoms with E-state index in [1.54, 1.807) is 75.4 Å². The van der Waals surface area contributed by atoms with E-state index in [0.29, 0.717) is 89.9 Å². The summed E-state index contributed by atoms with van der Waals surface area (Å²) in [5, 5.41) is 19.0. The van der Waals surface area contributed by atoms with Gasteiger partial charge in [-0.15, -0.1) is 0 Å². The first-order valence-electron chi connectivity index (χ1n) is 16.7. The van der Waals surface area contributed by atoms with Crippen LogP contribution in [0.1, 0.15) is 24.8 Å². The van der Waals surface area contributed by atoms with Crippen LogP contribution in [0.25, 0.3) is 0 Å². The molecule has 1 N–H and O–H groups in total. The van der Waals surface area contributed by atoms with Crippen LogP contribution in [0.15, 0.2) is 59.1 Å². The minimum atomic E-state index is -0.453. The number of carbonyl (C=O) groups is 2. The fourth-order valence-corrected chi connectivity index (χ4v) is 6.87. The molecule has 18 heteroatoms. The highest BCUT2D eigenvalue weighted by molar-refractivity contribution is 6.35. The van der Waals surface area contributed by atoms with Crippen molar-refractivity contribution in [1.29, 1.82) is 0 Å². The average molecular weight is 735 g/mol. The number of benzene rings is 1. The average Bonchev–Trinajstić information content (AvgIpc) is 3.76. The largest absolute Gasteiger partial charge is 0.497 e. The summed E-state index contributed by atoms with van der Waals surface area (Å²) < 4.78 is 13.0. The lowest BCUT2D eigenvalue weighted by atomic mass is 10.0. The number of rotatable bonds is 12. The van der Waals surface area contributed by atoms with E-state index in [2.05, 4.69) is 20.4 Å². The van der Waals surface area contributed by atoms with Crippen LogP contribution in [0, 0.1) is 10.1 Å². The minimum Gasteiger partial charge on any atom is -0.497 e. The fourth-order valence-electron chi connectivity index (χ4n) is 6.58. The highest BCUT2D eigenvalue weighted by Gasteiger charge is 2.40. The molecule has 0 unspecified atom stereocenters. The molecular weight excluding hydrogens is 694 g/mol. The van der Waals surface area contributed by atoms with Crippen molar-refractivity contribution < 1.29 is 28.5 Å². The van der Waals surface area contributed by atoms with Gasteiger partial charge in [0.25, 0.3) is 0 Å². The van der Waals surface area contributed by atoms with Crippen LogP contribution < -0.4 is 24.6 Å². The van der Waals surface area contributed by atoms with E-state index in [9.17, 15) is 19.7 Å². The summed E-state index contributed by atoms with van der Waals surface area (Å²) in [6, 6.07) is 4.51. The molecule has 2 aromatic heterocycles. The van der Waals surface area contributed by atoms with Crippen LogP contribution in [-0.4, -0.2) is 113 Å². The number of ether oxygens (including phenoxy) is 2. The number of hydrogen-bond donors (Lipinski definition) is 1. The third-order valence-corrected chi connectivity index (χ3v) is 9.57. The number of halogens is 1. The van der Waals surface area contributed by atoms with Gasteiger partial charge >= 0.3 is 11.9 Å². The van der Waals surface area contributed by atoms with Crippen molar-refractivity contribution in [3.8, 4) is 11.5 Å². The summed E-state index contributed by atoms with van der Waals surface area (Å²) in [6.07, 6.45) is 9.84. The monoisotopic (exact) mass is 734 g/mol. The number of quaternary nitrogens is 1. The number of amides is 3. The predicted molar refractivity (Wildman–Crippen MR) is 195 cm³/mol. The van der Waals surface area contributed by atoms with Gasteiger partial charge in [0.15, 0.2) is 5.82 Å². The summed E-state index contributed by atoms with van der Waals surface area (Å²) in [7, 11) is 8.74. The van der Waals surface area contributed by atoms with Gasteiger partial charge in [-0.3, -0.25) is 19.3 Å². The van der Waals surface area contributed by atoms with Crippen molar-refractivity contribution in [2.75, 3.05) is 69.6 Å². The number of methoxy groups -OCH3 is 2. The molecule has 3 aliphatic rings. The molecule has 1 fully saturated rings. The van der Waals surface area contributed by atoms with Crippen LogP contribution in [0.5, 0.6) is 11.5 Å². The second kappa shape index (κ2) is 15.0. The zero-order chi connectivity index (χ0) is 37.2. The molecule has 3 aliphatic heterocycles. The van der Waals surface area contributed by atoms with E-state index in [0.717, 1.165) is 0 Å². The van der Waals surface area contributed by atoms with Gasteiger partial charge < -0.3 is 34.3 Å². The molecule has 0 aliphatic carbocycles. The highest BCUT2D eigenvalue weighted by Crippen LogP contribution is 2.42. The van der Waals surface area contributed by atoms with Gasteiger partial charge in [0.05, 0.1) is 52.7 Å². The number of anilines is 4. The zero-order valence-electron chi connectivity index (χ0n) is 29.7. The number of hydrogen-bond acceptors (Lipinski definition) is 11. The second-order valence-electron chi connectivity index (χ2n) is 13.4. The predicted octanol–water partition coefficient (Wildman–Crippen LogP) is 4.16. The fraction of sp³-hybridized carbons (Fsp3) is 0.412. The first-order valence-corrected chi connectivity index (χ1v) is 17.1. The maximum Gasteiger partial charge on any atom is 0.368 e. The summed E-state index contributed by atoms with van der Waals surface area (Å²) in [4.78, 5) is 56.9. The first kappa shape index (κ1) is 36.2. The Bertz CT molecular complexity index is 1970. The molecule has 0 saturated carbocycles. The molecule has 1 aromatic carbocycles. The molecule has 52 heavy (non-hydrogen) atoms. The Kier molecular flexibility index (Phi) is 10.4. The Morgan fingerprint density at radius 2 is 1.98 bits per heavy atom. The minimum absolute atomic E-state index is 0.0921. The van der Waals surface area contributed by atoms with Gasteiger partial charge in [0, 0.05) is 74.8 Å². The number of nitrogens with one attached hydrogen (secondary N) is 1. The Labute approximate surface area is 305 Å². The van der Waals surface area contributed by atoms with E-state index >= 15 is 0 Å². The standard InChI is InChI=1S/C34H41ClN11O6/c1-41-13-11-28(40-41)38-33-37-19-23-20-43(26-17-25(51-4)18-27(52-5)30(26)35)34(48)44(32(23)39-33)24-9-14-42(15-10-24)29(47)7-6-16-46(2,3)21-22-8-12-36-31(22)45(49)50/h6-7,11-13,17-19,24H,8-10,14-16,20-21H2,1-5H3,(H,37,38,39,40)/q+1/b7-6+. The van der Waals surface area contributed by atoms with Crippen LogP contribution in [0.3, 0.4) is 0 Å². The molecule has 0 bridgehead atoms. The smallest absolute Gasteiger partial charge is 0.368 e. The van der Waals surface area contributed by atoms with Gasteiger partial charge in [-0.2, -0.15) is 10.1 Å². The van der Waals surface area contributed by atoms with Gasteiger partial charge in [0.1, 0.15) is 35.1 Å².